The molecule has 0 saturated carbocycles. The minimum Gasteiger partial charge on any atom is -0.545 e. The van der Waals surface area contributed by atoms with Gasteiger partial charge in [0, 0.05) is 10.6 Å². The Balaban J connectivity index is 0.00000144. The highest BCUT2D eigenvalue weighted by molar-refractivity contribution is 6.30. The van der Waals surface area contributed by atoms with E-state index in [1.165, 1.54) is 25.3 Å². The number of rotatable bonds is 2. The van der Waals surface area contributed by atoms with Crippen molar-refractivity contribution in [3.63, 3.8) is 0 Å². The Morgan fingerprint density at radius 2 is 2.15 bits per heavy atom. The second-order valence-electron chi connectivity index (χ2n) is 2.13. The van der Waals surface area contributed by atoms with Gasteiger partial charge in [-0.3, -0.25) is 0 Å². The maximum atomic E-state index is 10.5. The van der Waals surface area contributed by atoms with Crippen LogP contribution < -0.4 is 16.0 Å². The highest BCUT2D eigenvalue weighted by Gasteiger charge is 2.03. The Labute approximate surface area is 80.7 Å². The number of halogens is 1. The number of aromatic carboxylic acids is 1. The van der Waals surface area contributed by atoms with E-state index in [-0.39, 0.29) is 17.5 Å². The summed E-state index contributed by atoms with van der Waals surface area (Å²) in [5.74, 6) is -1.06. The van der Waals surface area contributed by atoms with Gasteiger partial charge in [-0.25, -0.2) is 0 Å². The van der Waals surface area contributed by atoms with E-state index in [2.05, 4.69) is 0 Å². The minimum atomic E-state index is -1.27. The van der Waals surface area contributed by atoms with Crippen molar-refractivity contribution >= 4 is 17.6 Å². The van der Waals surface area contributed by atoms with Gasteiger partial charge in [0.05, 0.1) is 13.1 Å². The van der Waals surface area contributed by atoms with E-state index in [1.54, 1.807) is 0 Å². The molecule has 0 heterocycles. The van der Waals surface area contributed by atoms with Crippen LogP contribution in [0, 0.1) is 0 Å². The van der Waals surface area contributed by atoms with E-state index in [1.807, 2.05) is 0 Å². The SMILES string of the molecule is COc1cc(Cl)ccc1C(=O)[O-].[NH4+]. The molecule has 5 heteroatoms. The van der Waals surface area contributed by atoms with Crippen LogP contribution in [-0.2, 0) is 0 Å². The van der Waals surface area contributed by atoms with Crippen molar-refractivity contribution in [1.29, 1.82) is 0 Å². The minimum absolute atomic E-state index is 0. The van der Waals surface area contributed by atoms with Gasteiger partial charge >= 0.3 is 0 Å². The van der Waals surface area contributed by atoms with Crippen molar-refractivity contribution in [1.82, 2.24) is 6.15 Å². The molecule has 0 atom stereocenters. The third kappa shape index (κ3) is 2.61. The highest BCUT2D eigenvalue weighted by Crippen LogP contribution is 2.22. The fourth-order valence-electron chi connectivity index (χ4n) is 0.834. The summed E-state index contributed by atoms with van der Waals surface area (Å²) in [6.45, 7) is 0. The van der Waals surface area contributed by atoms with Crippen LogP contribution >= 0.6 is 11.6 Å². The Bertz CT molecular complexity index is 314. The highest BCUT2D eigenvalue weighted by atomic mass is 35.5. The summed E-state index contributed by atoms with van der Waals surface area (Å²) in [7, 11) is 1.37. The zero-order valence-electron chi connectivity index (χ0n) is 7.33. The molecule has 0 saturated heterocycles. The van der Waals surface area contributed by atoms with E-state index < -0.39 is 5.97 Å². The molecule has 0 amide bonds. The van der Waals surface area contributed by atoms with Crippen molar-refractivity contribution in [3.8, 4) is 5.75 Å². The molecule has 0 aliphatic heterocycles. The lowest BCUT2D eigenvalue weighted by molar-refractivity contribution is -0.255. The number of hydrogen-bond donors (Lipinski definition) is 1. The topological polar surface area (TPSA) is 85.9 Å². The first-order valence-corrected chi connectivity index (χ1v) is 3.58. The van der Waals surface area contributed by atoms with Gasteiger partial charge < -0.3 is 20.8 Å². The number of quaternary nitrogens is 1. The maximum Gasteiger partial charge on any atom is 0.129 e. The van der Waals surface area contributed by atoms with Crippen molar-refractivity contribution < 1.29 is 14.6 Å². The molecular formula is C8H10ClNO3. The summed E-state index contributed by atoms with van der Waals surface area (Å²) in [4.78, 5) is 10.5. The molecule has 1 rings (SSSR count). The largest absolute Gasteiger partial charge is 0.545 e. The Kier molecular flexibility index (Phi) is 4.23. The van der Waals surface area contributed by atoms with E-state index in [0.717, 1.165) is 0 Å². The average Bonchev–Trinajstić information content (AvgIpc) is 2.03. The van der Waals surface area contributed by atoms with E-state index in [0.29, 0.717) is 5.02 Å². The molecule has 13 heavy (non-hydrogen) atoms. The van der Waals surface area contributed by atoms with Crippen molar-refractivity contribution in [2.75, 3.05) is 7.11 Å². The van der Waals surface area contributed by atoms with E-state index in [4.69, 9.17) is 16.3 Å². The molecule has 0 aromatic heterocycles. The van der Waals surface area contributed by atoms with Gasteiger partial charge in [0.15, 0.2) is 0 Å². The van der Waals surface area contributed by atoms with Crippen LogP contribution in [0.2, 0.25) is 5.02 Å². The number of carbonyl (C=O) groups is 1. The summed E-state index contributed by atoms with van der Waals surface area (Å²) in [5, 5.41) is 10.9. The van der Waals surface area contributed by atoms with Crippen LogP contribution in [0.15, 0.2) is 18.2 Å². The summed E-state index contributed by atoms with van der Waals surface area (Å²) >= 11 is 5.61. The molecule has 1 aromatic carbocycles. The van der Waals surface area contributed by atoms with Gasteiger partial charge in [0.2, 0.25) is 0 Å². The second-order valence-corrected chi connectivity index (χ2v) is 2.57. The van der Waals surface area contributed by atoms with Crippen LogP contribution in [0.3, 0.4) is 0 Å². The standard InChI is InChI=1S/C8H7ClO3.H3N/c1-12-7-4-5(9)2-3-6(7)8(10)11;/h2-4H,1H3,(H,10,11);1H3. The lowest BCUT2D eigenvalue weighted by Crippen LogP contribution is -2.22. The van der Waals surface area contributed by atoms with E-state index in [9.17, 15) is 9.90 Å². The molecule has 0 radical (unpaired) electrons. The Morgan fingerprint density at radius 3 is 2.62 bits per heavy atom. The number of carboxylic acid groups (broad SMARTS) is 1. The van der Waals surface area contributed by atoms with Crippen LogP contribution in [-0.4, -0.2) is 13.1 Å². The second kappa shape index (κ2) is 4.69. The molecule has 0 spiro atoms. The summed E-state index contributed by atoms with van der Waals surface area (Å²) in [5.41, 5.74) is 0.00176. The van der Waals surface area contributed by atoms with Crippen LogP contribution in [0.25, 0.3) is 0 Å². The smallest absolute Gasteiger partial charge is 0.129 e. The fourth-order valence-corrected chi connectivity index (χ4v) is 0.996. The first-order valence-electron chi connectivity index (χ1n) is 3.20. The summed E-state index contributed by atoms with van der Waals surface area (Å²) in [6, 6.07) is 4.23. The third-order valence-corrected chi connectivity index (χ3v) is 1.62. The number of carbonyl (C=O) groups excluding carboxylic acids is 1. The van der Waals surface area contributed by atoms with Gasteiger partial charge in [0.1, 0.15) is 5.75 Å². The molecule has 72 valence electrons. The van der Waals surface area contributed by atoms with E-state index >= 15 is 0 Å². The monoisotopic (exact) mass is 203 g/mol. The molecule has 0 bridgehead atoms. The molecule has 0 unspecified atom stereocenters. The zero-order valence-corrected chi connectivity index (χ0v) is 8.09. The van der Waals surface area contributed by atoms with Gasteiger partial charge in [-0.15, -0.1) is 0 Å². The van der Waals surface area contributed by atoms with Crippen LogP contribution in [0.5, 0.6) is 5.75 Å². The molecule has 0 aliphatic carbocycles. The van der Waals surface area contributed by atoms with Gasteiger partial charge in [0.25, 0.3) is 0 Å². The molecule has 0 aliphatic rings. The summed E-state index contributed by atoms with van der Waals surface area (Å²) < 4.78 is 4.78. The molecule has 1 aromatic rings. The number of benzene rings is 1. The first-order chi connectivity index (χ1) is 5.65. The Morgan fingerprint density at radius 1 is 1.54 bits per heavy atom. The van der Waals surface area contributed by atoms with Gasteiger partial charge in [-0.1, -0.05) is 11.6 Å². The van der Waals surface area contributed by atoms with Crippen molar-refractivity contribution in [2.24, 2.45) is 0 Å². The normalized spacial score (nSPS) is 8.77. The van der Waals surface area contributed by atoms with Crippen LogP contribution in [0.1, 0.15) is 10.4 Å². The predicted octanol–water partition coefficient (Wildman–Crippen LogP) is 1.09. The quantitative estimate of drug-likeness (QED) is 0.781. The molecular weight excluding hydrogens is 194 g/mol. The lowest BCUT2D eigenvalue weighted by Gasteiger charge is -2.08. The Hall–Kier alpha value is -1.26. The van der Waals surface area contributed by atoms with Crippen molar-refractivity contribution in [3.05, 3.63) is 28.8 Å². The first kappa shape index (κ1) is 11.7. The number of ether oxygens (including phenoxy) is 1. The molecule has 0 fully saturated rings. The number of methoxy groups -OCH3 is 1. The molecule has 4 N–H and O–H groups in total. The van der Waals surface area contributed by atoms with Gasteiger partial charge in [-0.05, 0) is 18.2 Å². The average molecular weight is 204 g/mol. The predicted molar refractivity (Wildman–Crippen MR) is 48.3 cm³/mol. The third-order valence-electron chi connectivity index (χ3n) is 1.38. The zero-order chi connectivity index (χ0) is 9.14. The number of carboxylic acids is 1. The lowest BCUT2D eigenvalue weighted by atomic mass is 10.2. The molecule has 4 nitrogen and oxygen atoms in total. The summed E-state index contributed by atoms with van der Waals surface area (Å²) in [6.07, 6.45) is 0. The number of hydrogen-bond acceptors (Lipinski definition) is 3. The van der Waals surface area contributed by atoms with Gasteiger partial charge in [-0.2, -0.15) is 0 Å². The van der Waals surface area contributed by atoms with Crippen molar-refractivity contribution in [2.45, 2.75) is 0 Å². The van der Waals surface area contributed by atoms with Crippen LogP contribution in [0.4, 0.5) is 0 Å². The fraction of sp³-hybridized carbons (Fsp3) is 0.125. The maximum absolute atomic E-state index is 10.5.